The van der Waals surface area contributed by atoms with Crippen LogP contribution in [-0.2, 0) is 46.5 Å². The number of nitrogens with one attached hydrogen (secondary N) is 1. The number of ether oxygens (including phenoxy) is 2. The summed E-state index contributed by atoms with van der Waals surface area (Å²) in [5.41, 5.74) is -2.66. The van der Waals surface area contributed by atoms with Gasteiger partial charge in [0.1, 0.15) is 11.4 Å². The number of sulfonamides is 1. The molecule has 3 aliphatic heterocycles. The number of fused-ring (bicyclic) bond motifs is 5. The second-order valence-corrected chi connectivity index (χ2v) is 19.9. The van der Waals surface area contributed by atoms with Crippen LogP contribution in [0.1, 0.15) is 115 Å². The Balaban J connectivity index is 1.24. The van der Waals surface area contributed by atoms with Gasteiger partial charge in [0, 0.05) is 29.7 Å². The summed E-state index contributed by atoms with van der Waals surface area (Å²) < 4.78 is 82.0. The SMILES string of the molecule is Cc1nc2c(C(F)(F)F)cccc2c2c1O[C@]1(CC2)C[C@H]2C(=O)C[C@]3(C(=O)NS(=O)(=O)C4(C)CC4)C[C@H]3/C=C\CCCCC[C@H](CC(=O)OCC(C)C)C(=O)N2C1. The molecule has 1 aromatic carbocycles. The maximum atomic E-state index is 14.8. The van der Waals surface area contributed by atoms with Crippen molar-refractivity contribution in [2.75, 3.05) is 13.2 Å². The van der Waals surface area contributed by atoms with Crippen molar-refractivity contribution in [3.63, 3.8) is 0 Å². The number of amides is 2. The van der Waals surface area contributed by atoms with E-state index in [-0.39, 0.29) is 68.3 Å². The van der Waals surface area contributed by atoms with E-state index in [0.29, 0.717) is 55.2 Å². The monoisotopic (exact) mass is 815 g/mol. The Morgan fingerprint density at radius 2 is 1.86 bits per heavy atom. The van der Waals surface area contributed by atoms with Crippen molar-refractivity contribution in [1.29, 1.82) is 0 Å². The van der Waals surface area contributed by atoms with E-state index in [4.69, 9.17) is 9.47 Å². The molecule has 0 radical (unpaired) electrons. The fraction of sp³-hybridized carbons (Fsp3) is 0.643. The van der Waals surface area contributed by atoms with E-state index >= 15 is 0 Å². The number of carbonyl (C=O) groups is 4. The van der Waals surface area contributed by atoms with E-state index in [1.165, 1.54) is 11.0 Å². The molecular formula is C42H52F3N3O8S. The maximum Gasteiger partial charge on any atom is 0.418 e. The molecule has 2 amide bonds. The molecule has 0 unspecified atom stereocenters. The first-order valence-electron chi connectivity index (χ1n) is 20.2. The van der Waals surface area contributed by atoms with E-state index < -0.39 is 73.1 Å². The first kappa shape index (κ1) is 41.2. The van der Waals surface area contributed by atoms with Crippen LogP contribution in [0.4, 0.5) is 13.2 Å². The highest BCUT2D eigenvalue weighted by Gasteiger charge is 2.63. The molecule has 5 atom stereocenters. The molecule has 1 saturated heterocycles. The topological polar surface area (TPSA) is 149 Å². The predicted molar refractivity (Wildman–Crippen MR) is 204 cm³/mol. The van der Waals surface area contributed by atoms with Crippen LogP contribution in [0.5, 0.6) is 5.75 Å². The Bertz CT molecular complexity index is 2120. The first-order valence-corrected chi connectivity index (χ1v) is 21.7. The number of hydrogen-bond acceptors (Lipinski definition) is 9. The second kappa shape index (κ2) is 15.0. The van der Waals surface area contributed by atoms with Crippen LogP contribution in [-0.4, -0.2) is 71.4 Å². The summed E-state index contributed by atoms with van der Waals surface area (Å²) in [5, 5.41) is 0.316. The van der Waals surface area contributed by atoms with Crippen molar-refractivity contribution < 1.29 is 50.2 Å². The van der Waals surface area contributed by atoms with Gasteiger partial charge in [0.15, 0.2) is 5.78 Å². The number of nitrogens with zero attached hydrogens (tertiary/aromatic N) is 2. The van der Waals surface area contributed by atoms with Gasteiger partial charge in [-0.3, -0.25) is 23.9 Å². The predicted octanol–water partition coefficient (Wildman–Crippen LogP) is 6.92. The number of aryl methyl sites for hydroxylation is 2. The van der Waals surface area contributed by atoms with Gasteiger partial charge in [-0.05, 0) is 83.1 Å². The van der Waals surface area contributed by atoms with Gasteiger partial charge in [-0.2, -0.15) is 13.2 Å². The van der Waals surface area contributed by atoms with Crippen LogP contribution in [0.2, 0.25) is 0 Å². The number of alkyl halides is 3. The molecule has 1 aromatic heterocycles. The van der Waals surface area contributed by atoms with Gasteiger partial charge in [-0.15, -0.1) is 0 Å². The van der Waals surface area contributed by atoms with Crippen molar-refractivity contribution >= 4 is 44.5 Å². The van der Waals surface area contributed by atoms with Gasteiger partial charge in [0.05, 0.1) is 52.6 Å². The third kappa shape index (κ3) is 8.06. The second-order valence-electron chi connectivity index (χ2n) is 17.7. The zero-order valence-corrected chi connectivity index (χ0v) is 33.8. The molecule has 5 aliphatic rings. The number of ketones is 1. The molecule has 1 N–H and O–H groups in total. The molecule has 4 heterocycles. The number of pyridine rings is 1. The van der Waals surface area contributed by atoms with Crippen molar-refractivity contribution in [1.82, 2.24) is 14.6 Å². The third-order valence-corrected chi connectivity index (χ3v) is 15.0. The van der Waals surface area contributed by atoms with Gasteiger partial charge in [-0.1, -0.05) is 51.0 Å². The Morgan fingerprint density at radius 1 is 1.11 bits per heavy atom. The number of Topliss-reactive ketones (excluding diaryl/α,β-unsaturated/α-hetero) is 1. The van der Waals surface area contributed by atoms with E-state index in [1.54, 1.807) is 19.9 Å². The number of esters is 1. The largest absolute Gasteiger partial charge is 0.483 e. The fourth-order valence-corrected chi connectivity index (χ4v) is 10.3. The van der Waals surface area contributed by atoms with E-state index in [2.05, 4.69) is 9.71 Å². The van der Waals surface area contributed by atoms with Gasteiger partial charge < -0.3 is 14.4 Å². The fourth-order valence-electron chi connectivity index (χ4n) is 8.93. The Labute approximate surface area is 331 Å². The van der Waals surface area contributed by atoms with Crippen molar-refractivity contribution in [2.45, 2.75) is 134 Å². The van der Waals surface area contributed by atoms with Gasteiger partial charge in [0.25, 0.3) is 0 Å². The molecule has 2 aromatic rings. The van der Waals surface area contributed by atoms with Crippen LogP contribution in [0, 0.1) is 30.1 Å². The molecule has 310 valence electrons. The number of allylic oxidation sites excluding steroid dienone is 2. The number of benzene rings is 1. The lowest BCUT2D eigenvalue weighted by atomic mass is 9.85. The number of para-hydroxylation sites is 1. The number of hydrogen-bond donors (Lipinski definition) is 1. The Kier molecular flexibility index (Phi) is 10.8. The summed E-state index contributed by atoms with van der Waals surface area (Å²) in [6, 6.07) is 2.85. The molecule has 3 fully saturated rings. The summed E-state index contributed by atoms with van der Waals surface area (Å²) in [6.07, 6.45) is 3.77. The summed E-state index contributed by atoms with van der Waals surface area (Å²) in [4.78, 5) is 62.4. The number of halogens is 3. The Morgan fingerprint density at radius 3 is 2.56 bits per heavy atom. The number of aromatic nitrogens is 1. The minimum absolute atomic E-state index is 0.0332. The third-order valence-electron chi connectivity index (χ3n) is 12.8. The average Bonchev–Trinajstić information content (AvgIpc) is 4.03. The molecule has 57 heavy (non-hydrogen) atoms. The first-order chi connectivity index (χ1) is 26.8. The molecule has 7 rings (SSSR count). The quantitative estimate of drug-likeness (QED) is 0.232. The lowest BCUT2D eigenvalue weighted by Gasteiger charge is -2.37. The molecule has 2 aliphatic carbocycles. The van der Waals surface area contributed by atoms with Crippen LogP contribution in [0.15, 0.2) is 30.4 Å². The van der Waals surface area contributed by atoms with E-state index in [1.807, 2.05) is 26.0 Å². The highest BCUT2D eigenvalue weighted by Crippen LogP contribution is 2.58. The highest BCUT2D eigenvalue weighted by molar-refractivity contribution is 7.91. The summed E-state index contributed by atoms with van der Waals surface area (Å²) in [7, 11) is -4.00. The van der Waals surface area contributed by atoms with Crippen molar-refractivity contribution in [3.8, 4) is 5.75 Å². The van der Waals surface area contributed by atoms with Gasteiger partial charge in [0.2, 0.25) is 21.8 Å². The molecular weight excluding hydrogens is 764 g/mol. The van der Waals surface area contributed by atoms with Crippen LogP contribution < -0.4 is 9.46 Å². The lowest BCUT2D eigenvalue weighted by Crippen LogP contribution is -2.48. The minimum Gasteiger partial charge on any atom is -0.483 e. The van der Waals surface area contributed by atoms with Crippen LogP contribution in [0.25, 0.3) is 10.9 Å². The summed E-state index contributed by atoms with van der Waals surface area (Å²) in [6.45, 7) is 7.14. The normalized spacial score (nSPS) is 29.4. The smallest absolute Gasteiger partial charge is 0.418 e. The van der Waals surface area contributed by atoms with E-state index in [9.17, 15) is 40.8 Å². The van der Waals surface area contributed by atoms with Gasteiger partial charge >= 0.3 is 12.1 Å². The molecule has 1 spiro atoms. The van der Waals surface area contributed by atoms with Crippen molar-refractivity contribution in [2.24, 2.45) is 23.2 Å². The maximum absolute atomic E-state index is 14.8. The zero-order valence-electron chi connectivity index (χ0n) is 33.0. The van der Waals surface area contributed by atoms with Gasteiger partial charge in [-0.25, -0.2) is 13.4 Å². The number of rotatable bonds is 7. The highest BCUT2D eigenvalue weighted by atomic mass is 32.2. The average molecular weight is 816 g/mol. The van der Waals surface area contributed by atoms with Crippen molar-refractivity contribution in [3.05, 3.63) is 47.2 Å². The van der Waals surface area contributed by atoms with Crippen LogP contribution >= 0.6 is 0 Å². The summed E-state index contributed by atoms with van der Waals surface area (Å²) >= 11 is 0. The molecule has 2 saturated carbocycles. The Hall–Kier alpha value is -4.01. The molecule has 0 bridgehead atoms. The molecule has 15 heteroatoms. The standard InChI is InChI=1S/C42H52F3N3O8S/c1-25(2)23-55-34(50)19-27-11-8-6-5-7-9-12-28-20-41(28,38(52)47-57(53,54)39(4)17-18-39)22-33(49)32-21-40(24-48(32)37(27)51)16-15-30-29-13-10-14-31(42(43,44)45)35(29)46-26(3)36(30)56-40/h9-10,12-14,25,27-28,32H,5-8,11,15-24H2,1-4H3,(H,47,52)/b12-9-/t27-,28-,32+,40-,41-/m1/s1. The lowest BCUT2D eigenvalue weighted by molar-refractivity contribution is -0.151. The minimum atomic E-state index is -4.62. The van der Waals surface area contributed by atoms with Crippen LogP contribution in [0.3, 0.4) is 0 Å². The zero-order chi connectivity index (χ0) is 41.1. The van der Waals surface area contributed by atoms with E-state index in [0.717, 1.165) is 18.9 Å². The summed E-state index contributed by atoms with van der Waals surface area (Å²) in [5.74, 6) is -2.85. The number of carbonyl (C=O) groups excluding carboxylic acids is 4. The molecule has 11 nitrogen and oxygen atoms in total.